The van der Waals surface area contributed by atoms with Crippen LogP contribution in [0.4, 0.5) is 0 Å². The summed E-state index contributed by atoms with van der Waals surface area (Å²) in [4.78, 5) is 4.94. The molecule has 0 spiro atoms. The molecule has 5 rings (SSSR count). The summed E-state index contributed by atoms with van der Waals surface area (Å²) in [6, 6.07) is 16.9. The Labute approximate surface area is 126 Å². The summed E-state index contributed by atoms with van der Waals surface area (Å²) in [5.41, 5.74) is 5.37. The minimum absolute atomic E-state index is 0.453. The third kappa shape index (κ3) is 1.95. The van der Waals surface area contributed by atoms with Gasteiger partial charge in [-0.1, -0.05) is 56.3 Å². The maximum absolute atomic E-state index is 4.94. The second-order valence-corrected chi connectivity index (χ2v) is 6.98. The highest BCUT2D eigenvalue weighted by molar-refractivity contribution is 5.71. The van der Waals surface area contributed by atoms with Crippen LogP contribution in [0.15, 0.2) is 54.6 Å². The Morgan fingerprint density at radius 2 is 1.71 bits per heavy atom. The topological polar surface area (TPSA) is 12.9 Å². The average molecular weight is 275 g/mol. The van der Waals surface area contributed by atoms with Crippen LogP contribution < -0.4 is 0 Å². The molecule has 1 aromatic carbocycles. The molecule has 0 N–H and O–H groups in total. The van der Waals surface area contributed by atoms with E-state index in [-0.39, 0.29) is 0 Å². The van der Waals surface area contributed by atoms with E-state index in [4.69, 9.17) is 4.98 Å². The van der Waals surface area contributed by atoms with Gasteiger partial charge < -0.3 is 0 Å². The Bertz CT molecular complexity index is 697. The Kier molecular flexibility index (Phi) is 2.78. The lowest BCUT2D eigenvalue weighted by Gasteiger charge is -2.56. The predicted molar refractivity (Wildman–Crippen MR) is 87.6 cm³/mol. The van der Waals surface area contributed by atoms with Crippen LogP contribution in [0.5, 0.6) is 0 Å². The van der Waals surface area contributed by atoms with Crippen molar-refractivity contribution < 1.29 is 0 Å². The molecule has 1 nitrogen and oxygen atoms in total. The molecule has 2 atom stereocenters. The van der Waals surface area contributed by atoms with Crippen molar-refractivity contribution in [3.63, 3.8) is 0 Å². The van der Waals surface area contributed by atoms with Gasteiger partial charge >= 0.3 is 0 Å². The third-order valence-electron chi connectivity index (χ3n) is 5.58. The quantitative estimate of drug-likeness (QED) is 0.734. The number of aromatic nitrogens is 1. The van der Waals surface area contributed by atoms with E-state index in [1.165, 1.54) is 29.7 Å². The average Bonchev–Trinajstić information content (AvgIpc) is 2.55. The summed E-state index contributed by atoms with van der Waals surface area (Å²) in [7, 11) is 0. The SMILES string of the molecule is CC1(C)[C@H]2CC=C(c3cccc(-c4ccccc4)n3)[C@H]1C2. The van der Waals surface area contributed by atoms with Crippen LogP contribution >= 0.6 is 0 Å². The van der Waals surface area contributed by atoms with E-state index in [1.807, 2.05) is 6.07 Å². The fraction of sp³-hybridized carbons (Fsp3) is 0.350. The molecule has 1 heterocycles. The highest BCUT2D eigenvalue weighted by atomic mass is 14.7. The largest absolute Gasteiger partial charge is 0.248 e. The number of hydrogen-bond acceptors (Lipinski definition) is 1. The van der Waals surface area contributed by atoms with Gasteiger partial charge in [-0.05, 0) is 47.8 Å². The molecule has 1 fully saturated rings. The molecule has 0 saturated heterocycles. The molecule has 3 aliphatic carbocycles. The smallest absolute Gasteiger partial charge is 0.0709 e. The van der Waals surface area contributed by atoms with Gasteiger partial charge in [0.05, 0.1) is 11.4 Å². The zero-order chi connectivity index (χ0) is 14.4. The van der Waals surface area contributed by atoms with Gasteiger partial charge in [0.25, 0.3) is 0 Å². The summed E-state index contributed by atoms with van der Waals surface area (Å²) in [6.07, 6.45) is 4.99. The van der Waals surface area contributed by atoms with Crippen LogP contribution in [-0.2, 0) is 0 Å². The highest BCUT2D eigenvalue weighted by Gasteiger charge is 2.51. The maximum Gasteiger partial charge on any atom is 0.0709 e. The molecule has 0 amide bonds. The van der Waals surface area contributed by atoms with Crippen LogP contribution in [0.2, 0.25) is 0 Å². The monoisotopic (exact) mass is 275 g/mol. The zero-order valence-electron chi connectivity index (χ0n) is 12.7. The van der Waals surface area contributed by atoms with Crippen molar-refractivity contribution in [1.82, 2.24) is 4.98 Å². The van der Waals surface area contributed by atoms with E-state index in [1.54, 1.807) is 0 Å². The number of fused-ring (bicyclic) bond motifs is 1. The Morgan fingerprint density at radius 3 is 2.43 bits per heavy atom. The summed E-state index contributed by atoms with van der Waals surface area (Å²) in [5.74, 6) is 1.57. The Balaban J connectivity index is 1.73. The molecule has 106 valence electrons. The maximum atomic E-state index is 4.94. The van der Waals surface area contributed by atoms with Gasteiger partial charge in [-0.25, -0.2) is 4.98 Å². The molecule has 0 aliphatic heterocycles. The number of hydrogen-bond donors (Lipinski definition) is 0. The zero-order valence-corrected chi connectivity index (χ0v) is 12.7. The first-order valence-corrected chi connectivity index (χ1v) is 7.89. The predicted octanol–water partition coefficient (Wildman–Crippen LogP) is 5.20. The van der Waals surface area contributed by atoms with Gasteiger partial charge in [-0.3, -0.25) is 0 Å². The standard InChI is InChI=1S/C20H21N/c1-20(2)15-11-12-16(17(20)13-15)19-10-6-9-18(21-19)14-7-4-3-5-8-14/h3-10,12,15,17H,11,13H2,1-2H3/t15-,17+/m0/s1. The second kappa shape index (κ2) is 4.56. The van der Waals surface area contributed by atoms with Gasteiger partial charge in [0.1, 0.15) is 0 Å². The molecule has 0 radical (unpaired) electrons. The molecular weight excluding hydrogens is 254 g/mol. The van der Waals surface area contributed by atoms with E-state index < -0.39 is 0 Å². The summed E-state index contributed by atoms with van der Waals surface area (Å²) in [5, 5.41) is 0. The Hall–Kier alpha value is -1.89. The van der Waals surface area contributed by atoms with Gasteiger partial charge in [-0.15, -0.1) is 0 Å². The number of rotatable bonds is 2. The fourth-order valence-corrected chi connectivity index (χ4v) is 4.00. The summed E-state index contributed by atoms with van der Waals surface area (Å²) >= 11 is 0. The fourth-order valence-electron chi connectivity index (χ4n) is 4.00. The van der Waals surface area contributed by atoms with Gasteiger partial charge in [0.15, 0.2) is 0 Å². The van der Waals surface area contributed by atoms with Gasteiger partial charge in [-0.2, -0.15) is 0 Å². The van der Waals surface area contributed by atoms with Crippen molar-refractivity contribution >= 4 is 5.57 Å². The van der Waals surface area contributed by atoms with Crippen molar-refractivity contribution in [2.24, 2.45) is 17.3 Å². The van der Waals surface area contributed by atoms with E-state index in [9.17, 15) is 0 Å². The molecule has 2 aromatic rings. The van der Waals surface area contributed by atoms with Gasteiger partial charge in [0.2, 0.25) is 0 Å². The van der Waals surface area contributed by atoms with Gasteiger partial charge in [0, 0.05) is 5.56 Å². The van der Waals surface area contributed by atoms with Crippen LogP contribution in [0.25, 0.3) is 16.8 Å². The molecule has 3 aliphatic rings. The van der Waals surface area contributed by atoms with Crippen molar-refractivity contribution in [3.05, 3.63) is 60.3 Å². The Morgan fingerprint density at radius 1 is 0.952 bits per heavy atom. The molecule has 1 saturated carbocycles. The molecule has 1 aromatic heterocycles. The molecular formula is C20H21N. The van der Waals surface area contributed by atoms with Crippen molar-refractivity contribution in [2.75, 3.05) is 0 Å². The molecule has 2 bridgehead atoms. The lowest BCUT2D eigenvalue weighted by atomic mass is 9.48. The lowest BCUT2D eigenvalue weighted by Crippen LogP contribution is -2.47. The van der Waals surface area contributed by atoms with E-state index in [0.717, 1.165) is 11.6 Å². The molecule has 0 unspecified atom stereocenters. The number of pyridine rings is 1. The molecule has 21 heavy (non-hydrogen) atoms. The highest BCUT2D eigenvalue weighted by Crippen LogP contribution is 2.61. The van der Waals surface area contributed by atoms with Crippen molar-refractivity contribution in [2.45, 2.75) is 26.7 Å². The lowest BCUT2D eigenvalue weighted by molar-refractivity contribution is 0.0111. The van der Waals surface area contributed by atoms with Crippen molar-refractivity contribution in [1.29, 1.82) is 0 Å². The normalized spacial score (nSPS) is 25.9. The van der Waals surface area contributed by atoms with E-state index in [0.29, 0.717) is 11.3 Å². The second-order valence-electron chi connectivity index (χ2n) is 6.98. The number of benzene rings is 1. The first kappa shape index (κ1) is 12.8. The van der Waals surface area contributed by atoms with Crippen LogP contribution in [-0.4, -0.2) is 4.98 Å². The van der Waals surface area contributed by atoms with E-state index >= 15 is 0 Å². The van der Waals surface area contributed by atoms with Crippen LogP contribution in [0.1, 0.15) is 32.4 Å². The molecule has 1 heteroatoms. The van der Waals surface area contributed by atoms with Crippen LogP contribution in [0, 0.1) is 17.3 Å². The van der Waals surface area contributed by atoms with Crippen LogP contribution in [0.3, 0.4) is 0 Å². The van der Waals surface area contributed by atoms with Crippen molar-refractivity contribution in [3.8, 4) is 11.3 Å². The van der Waals surface area contributed by atoms with E-state index in [2.05, 4.69) is 62.4 Å². The number of allylic oxidation sites excluding steroid dienone is 2. The minimum atomic E-state index is 0.453. The first-order chi connectivity index (χ1) is 10.2. The third-order valence-corrected chi connectivity index (χ3v) is 5.58. The summed E-state index contributed by atoms with van der Waals surface area (Å²) in [6.45, 7) is 4.83. The number of nitrogens with zero attached hydrogens (tertiary/aromatic N) is 1. The first-order valence-electron chi connectivity index (χ1n) is 7.89. The minimum Gasteiger partial charge on any atom is -0.248 e. The summed E-state index contributed by atoms with van der Waals surface area (Å²) < 4.78 is 0.